The Morgan fingerprint density at radius 3 is 1.23 bits per heavy atom. The summed E-state index contributed by atoms with van der Waals surface area (Å²) in [6.45, 7) is 13.9. The number of esters is 4. The molecule has 0 aromatic heterocycles. The first-order valence-electron chi connectivity index (χ1n) is 18.0. The first-order chi connectivity index (χ1) is 23.1. The molecule has 0 saturated carbocycles. The van der Waals surface area contributed by atoms with Gasteiger partial charge in [-0.2, -0.15) is 0 Å². The maximum Gasteiger partial charge on any atom is 0.339 e. The van der Waals surface area contributed by atoms with Crippen molar-refractivity contribution in [1.29, 1.82) is 0 Å². The molecule has 0 unspecified atom stereocenters. The smallest absolute Gasteiger partial charge is 0.339 e. The summed E-state index contributed by atoms with van der Waals surface area (Å²) in [5, 5.41) is 0. The second-order valence-corrected chi connectivity index (χ2v) is 12.7. The van der Waals surface area contributed by atoms with Crippen LogP contribution in [-0.4, -0.2) is 50.3 Å². The molecule has 0 radical (unpaired) electrons. The Labute approximate surface area is 289 Å². The summed E-state index contributed by atoms with van der Waals surface area (Å²) in [5.41, 5.74) is 1.30. The maximum absolute atomic E-state index is 12.5. The van der Waals surface area contributed by atoms with E-state index >= 15 is 0 Å². The molecule has 0 spiro atoms. The second-order valence-electron chi connectivity index (χ2n) is 12.7. The van der Waals surface area contributed by atoms with Crippen LogP contribution in [0.15, 0.2) is 48.5 Å². The van der Waals surface area contributed by atoms with Gasteiger partial charge in [0, 0.05) is 0 Å². The predicted molar refractivity (Wildman–Crippen MR) is 190 cm³/mol. The van der Waals surface area contributed by atoms with Gasteiger partial charge in [0.2, 0.25) is 0 Å². The molecule has 0 heterocycles. The largest absolute Gasteiger partial charge is 0.462 e. The maximum atomic E-state index is 12.5. The first-order valence-corrected chi connectivity index (χ1v) is 18.0. The number of carbonyl (C=O) groups excluding carboxylic acids is 4. The molecule has 0 atom stereocenters. The van der Waals surface area contributed by atoms with Crippen molar-refractivity contribution in [2.75, 3.05) is 26.4 Å². The van der Waals surface area contributed by atoms with Gasteiger partial charge in [-0.1, -0.05) is 110 Å². The molecule has 48 heavy (non-hydrogen) atoms. The van der Waals surface area contributed by atoms with Gasteiger partial charge in [0.25, 0.3) is 0 Å². The van der Waals surface area contributed by atoms with Crippen LogP contribution in [0, 0.1) is 11.8 Å². The average Bonchev–Trinajstić information content (AvgIpc) is 3.07. The van der Waals surface area contributed by atoms with Crippen molar-refractivity contribution in [2.24, 2.45) is 11.8 Å². The van der Waals surface area contributed by atoms with Gasteiger partial charge in [0.05, 0.1) is 48.7 Å². The Hall–Kier alpha value is -3.68. The van der Waals surface area contributed by atoms with E-state index < -0.39 is 23.9 Å². The number of ether oxygens (including phenoxy) is 4. The normalized spacial score (nSPS) is 10.7. The summed E-state index contributed by atoms with van der Waals surface area (Å²) in [6.07, 6.45) is 13.7. The topological polar surface area (TPSA) is 105 Å². The van der Waals surface area contributed by atoms with Crippen LogP contribution in [0.2, 0.25) is 0 Å². The second kappa shape index (κ2) is 26.3. The molecule has 0 N–H and O–H groups in total. The lowest BCUT2D eigenvalue weighted by Gasteiger charge is -2.10. The van der Waals surface area contributed by atoms with Crippen LogP contribution in [0.3, 0.4) is 0 Å². The molecule has 8 nitrogen and oxygen atoms in total. The zero-order chi connectivity index (χ0) is 35.6. The minimum Gasteiger partial charge on any atom is -0.462 e. The third-order valence-corrected chi connectivity index (χ3v) is 7.57. The monoisotopic (exact) mass is 668 g/mol. The fraction of sp³-hybridized carbons (Fsp3) is 0.600. The zero-order valence-corrected chi connectivity index (χ0v) is 30.4. The Morgan fingerprint density at radius 1 is 0.479 bits per heavy atom. The van der Waals surface area contributed by atoms with Gasteiger partial charge in [-0.3, -0.25) is 0 Å². The lowest BCUT2D eigenvalue weighted by Crippen LogP contribution is -2.15. The van der Waals surface area contributed by atoms with E-state index in [1.165, 1.54) is 57.4 Å². The number of rotatable bonds is 22. The molecule has 0 aliphatic carbocycles. The van der Waals surface area contributed by atoms with Crippen LogP contribution in [0.5, 0.6) is 0 Å². The summed E-state index contributed by atoms with van der Waals surface area (Å²) < 4.78 is 20.5. The minimum absolute atomic E-state index is 0.295. The van der Waals surface area contributed by atoms with Crippen LogP contribution < -0.4 is 0 Å². The predicted octanol–water partition coefficient (Wildman–Crippen LogP) is 10.0. The molecule has 2 aromatic rings. The van der Waals surface area contributed by atoms with Crippen molar-refractivity contribution in [3.05, 3.63) is 70.8 Å². The van der Waals surface area contributed by atoms with Crippen LogP contribution in [0.4, 0.5) is 0 Å². The molecule has 0 aliphatic rings. The van der Waals surface area contributed by atoms with Crippen molar-refractivity contribution in [2.45, 2.75) is 119 Å². The third kappa shape index (κ3) is 19.2. The van der Waals surface area contributed by atoms with Crippen LogP contribution in [0.25, 0.3) is 0 Å². The summed E-state index contributed by atoms with van der Waals surface area (Å²) in [5.74, 6) is -0.225. The summed E-state index contributed by atoms with van der Waals surface area (Å²) in [6, 6.07) is 13.1. The highest BCUT2D eigenvalue weighted by molar-refractivity contribution is 6.03. The van der Waals surface area contributed by atoms with Crippen molar-refractivity contribution in [3.8, 4) is 0 Å². The summed E-state index contributed by atoms with van der Waals surface area (Å²) in [4.78, 5) is 47.8. The number of unbranched alkanes of at least 4 members (excludes halogenated alkanes) is 8. The molecule has 0 saturated heterocycles. The Bertz CT molecular complexity index is 1110. The lowest BCUT2D eigenvalue weighted by atomic mass is 10.0. The fourth-order valence-corrected chi connectivity index (χ4v) is 4.90. The first kappa shape index (κ1) is 42.3. The zero-order valence-electron chi connectivity index (χ0n) is 30.4. The molecular formula is C40H60O8. The van der Waals surface area contributed by atoms with Gasteiger partial charge in [-0.25, -0.2) is 19.2 Å². The quantitative estimate of drug-likeness (QED) is 0.0693. The van der Waals surface area contributed by atoms with E-state index in [9.17, 15) is 19.2 Å². The Morgan fingerprint density at radius 2 is 0.854 bits per heavy atom. The minimum atomic E-state index is -0.442. The molecular weight excluding hydrogens is 608 g/mol. The molecule has 0 bridgehead atoms. The third-order valence-electron chi connectivity index (χ3n) is 7.57. The number of benzene rings is 2. The summed E-state index contributed by atoms with van der Waals surface area (Å²) >= 11 is 0. The van der Waals surface area contributed by atoms with E-state index in [4.69, 9.17) is 18.9 Å². The van der Waals surface area contributed by atoms with E-state index in [0.29, 0.717) is 48.7 Å². The molecule has 0 amide bonds. The number of carbonyl (C=O) groups is 4. The van der Waals surface area contributed by atoms with Gasteiger partial charge < -0.3 is 18.9 Å². The fourth-order valence-electron chi connectivity index (χ4n) is 4.90. The standard InChI is InChI=1S/C28H46O4.C12H14O4/c1-23(2)17-11-7-5-9-15-21-31-27(29)25-19-13-14-20-26(25)28(30)32-22-16-10-6-8-12-18-24(3)4;1-3-15-11(13)9-6-5-7-10(8-9)12(14)16-4-2/h13-14,19-20,23-24H,5-12,15-18,21-22H2,1-4H3;5-8H,3-4H2,1-2H3. The van der Waals surface area contributed by atoms with E-state index in [2.05, 4.69) is 27.7 Å². The van der Waals surface area contributed by atoms with Gasteiger partial charge >= 0.3 is 23.9 Å². The lowest BCUT2D eigenvalue weighted by molar-refractivity contribution is 0.0450. The molecule has 2 rings (SSSR count). The SMILES string of the molecule is CC(C)CCCCCCCOC(=O)c1ccccc1C(=O)OCCCCCCCC(C)C.CCOC(=O)c1cccc(C(=O)OCC)c1. The van der Waals surface area contributed by atoms with Crippen molar-refractivity contribution in [3.63, 3.8) is 0 Å². The van der Waals surface area contributed by atoms with Crippen LogP contribution >= 0.6 is 0 Å². The average molecular weight is 669 g/mol. The molecule has 0 fully saturated rings. The van der Waals surface area contributed by atoms with Crippen molar-refractivity contribution >= 4 is 23.9 Å². The highest BCUT2D eigenvalue weighted by Gasteiger charge is 2.19. The van der Waals surface area contributed by atoms with E-state index in [-0.39, 0.29) is 0 Å². The number of hydrogen-bond acceptors (Lipinski definition) is 8. The summed E-state index contributed by atoms with van der Waals surface area (Å²) in [7, 11) is 0. The molecule has 2 aromatic carbocycles. The molecule has 8 heteroatoms. The number of hydrogen-bond donors (Lipinski definition) is 0. The van der Waals surface area contributed by atoms with Crippen LogP contribution in [0.1, 0.15) is 160 Å². The van der Waals surface area contributed by atoms with E-state index in [0.717, 1.165) is 37.5 Å². The Balaban J connectivity index is 0.000000600. The van der Waals surface area contributed by atoms with Gasteiger partial charge in [0.1, 0.15) is 0 Å². The Kier molecular flexibility index (Phi) is 23.2. The molecule has 0 aliphatic heterocycles. The van der Waals surface area contributed by atoms with Gasteiger partial charge in [-0.15, -0.1) is 0 Å². The highest BCUT2D eigenvalue weighted by Crippen LogP contribution is 2.15. The van der Waals surface area contributed by atoms with E-state index in [1.54, 1.807) is 56.3 Å². The highest BCUT2D eigenvalue weighted by atomic mass is 16.5. The van der Waals surface area contributed by atoms with Gasteiger partial charge in [0.15, 0.2) is 0 Å². The van der Waals surface area contributed by atoms with Crippen molar-refractivity contribution < 1.29 is 38.1 Å². The van der Waals surface area contributed by atoms with E-state index in [1.807, 2.05) is 0 Å². The molecule has 268 valence electrons. The van der Waals surface area contributed by atoms with Crippen molar-refractivity contribution in [1.82, 2.24) is 0 Å². The van der Waals surface area contributed by atoms with Gasteiger partial charge in [-0.05, 0) is 68.9 Å². The van der Waals surface area contributed by atoms with Crippen LogP contribution in [-0.2, 0) is 18.9 Å².